The van der Waals surface area contributed by atoms with E-state index in [2.05, 4.69) is 22.9 Å². The highest BCUT2D eigenvalue weighted by molar-refractivity contribution is 9.10. The van der Waals surface area contributed by atoms with Gasteiger partial charge in [-0.15, -0.1) is 0 Å². The molecule has 0 radical (unpaired) electrons. The number of benzene rings is 1. The van der Waals surface area contributed by atoms with E-state index in [9.17, 15) is 5.21 Å². The van der Waals surface area contributed by atoms with Crippen molar-refractivity contribution in [1.82, 2.24) is 0 Å². The molecule has 1 rings (SSSR count). The average molecular weight is 256 g/mol. The molecule has 3 heteroatoms. The summed E-state index contributed by atoms with van der Waals surface area (Å²) in [7, 11) is 0. The van der Waals surface area contributed by atoms with Gasteiger partial charge in [0, 0.05) is 16.5 Å². The van der Waals surface area contributed by atoms with Gasteiger partial charge in [-0.05, 0) is 30.7 Å². The van der Waals surface area contributed by atoms with Crippen LogP contribution in [0.1, 0.15) is 31.7 Å². The monoisotopic (exact) mass is 255 g/mol. The van der Waals surface area contributed by atoms with Crippen molar-refractivity contribution in [2.45, 2.75) is 26.2 Å². The Morgan fingerprint density at radius 1 is 1.36 bits per heavy atom. The van der Waals surface area contributed by atoms with Gasteiger partial charge in [0.1, 0.15) is 0 Å². The fraction of sp³-hybridized carbons (Fsp3) is 0.364. The third-order valence-electron chi connectivity index (χ3n) is 2.10. The first-order valence-corrected chi connectivity index (χ1v) is 5.57. The third-order valence-corrected chi connectivity index (χ3v) is 2.62. The zero-order valence-corrected chi connectivity index (χ0v) is 9.80. The van der Waals surface area contributed by atoms with Crippen LogP contribution in [0.15, 0.2) is 28.7 Å². The van der Waals surface area contributed by atoms with Crippen LogP contribution in [0.2, 0.25) is 0 Å². The lowest BCUT2D eigenvalue weighted by Crippen LogP contribution is -2.65. The van der Waals surface area contributed by atoms with Gasteiger partial charge >= 0.3 is 0 Å². The molecule has 0 aliphatic rings. The molecular formula is C11H14BrNO. The topological polar surface area (TPSA) is 37.0 Å². The van der Waals surface area contributed by atoms with Crippen LogP contribution in [0.5, 0.6) is 0 Å². The van der Waals surface area contributed by atoms with Crippen LogP contribution in [-0.2, 0) is 0 Å². The maximum absolute atomic E-state index is 10.7. The van der Waals surface area contributed by atoms with Gasteiger partial charge in [-0.1, -0.05) is 29.3 Å². The molecule has 1 aromatic rings. The van der Waals surface area contributed by atoms with Crippen LogP contribution in [0.4, 0.5) is 0 Å². The molecule has 0 aliphatic heterocycles. The Labute approximate surface area is 92.8 Å². The minimum atomic E-state index is 0.777. The summed E-state index contributed by atoms with van der Waals surface area (Å²) in [6.07, 6.45) is 2.96. The van der Waals surface area contributed by atoms with Gasteiger partial charge in [0.25, 0.3) is 0 Å². The smallest absolute Gasteiger partial charge is 0.192 e. The van der Waals surface area contributed by atoms with E-state index in [0.29, 0.717) is 0 Å². The first-order valence-electron chi connectivity index (χ1n) is 4.78. The predicted octanol–water partition coefficient (Wildman–Crippen LogP) is 2.01. The lowest BCUT2D eigenvalue weighted by atomic mass is 10.1. The van der Waals surface area contributed by atoms with Crippen molar-refractivity contribution in [3.05, 3.63) is 39.5 Å². The van der Waals surface area contributed by atoms with E-state index in [0.717, 1.165) is 35.0 Å². The van der Waals surface area contributed by atoms with E-state index in [1.54, 1.807) is 0 Å². The SMILES string of the molecule is CCCCC(=[NH+][O-])c1ccc(Br)cc1. The summed E-state index contributed by atoms with van der Waals surface area (Å²) in [6.45, 7) is 2.12. The molecule has 1 aromatic carbocycles. The molecular weight excluding hydrogens is 242 g/mol. The first-order chi connectivity index (χ1) is 6.77. The number of hydrogen-bond donors (Lipinski definition) is 1. The summed E-state index contributed by atoms with van der Waals surface area (Å²) in [5.41, 5.74) is 1.76. The highest BCUT2D eigenvalue weighted by Gasteiger charge is 2.06. The summed E-state index contributed by atoms with van der Waals surface area (Å²) in [5.74, 6) is 0. The Morgan fingerprint density at radius 2 is 2.00 bits per heavy atom. The Hall–Kier alpha value is -0.830. The van der Waals surface area contributed by atoms with Crippen molar-refractivity contribution in [2.24, 2.45) is 0 Å². The number of hydrogen-bond acceptors (Lipinski definition) is 1. The quantitative estimate of drug-likeness (QED) is 0.499. The summed E-state index contributed by atoms with van der Waals surface area (Å²) in [4.78, 5) is 0. The van der Waals surface area contributed by atoms with Crippen LogP contribution < -0.4 is 5.16 Å². The molecule has 2 nitrogen and oxygen atoms in total. The molecule has 0 aliphatic carbocycles. The standard InChI is InChI=1S/C11H14BrNO/c1-2-3-4-11(13-14)9-5-7-10(12)8-6-9/h5-8,13H,2-4H2,1H3. The molecule has 0 aromatic heterocycles. The van der Waals surface area contributed by atoms with Crippen LogP contribution >= 0.6 is 15.9 Å². The summed E-state index contributed by atoms with van der Waals surface area (Å²) in [5, 5.41) is 12.7. The van der Waals surface area contributed by atoms with Gasteiger partial charge in [0.2, 0.25) is 0 Å². The Bertz CT molecular complexity index is 306. The first kappa shape index (κ1) is 11.2. The molecule has 0 saturated carbocycles. The van der Waals surface area contributed by atoms with Crippen LogP contribution in [-0.4, -0.2) is 5.71 Å². The molecule has 0 unspecified atom stereocenters. The average Bonchev–Trinajstić information content (AvgIpc) is 2.21. The molecule has 0 bridgehead atoms. The lowest BCUT2D eigenvalue weighted by Gasteiger charge is -2.01. The second-order valence-electron chi connectivity index (χ2n) is 3.19. The Morgan fingerprint density at radius 3 is 2.50 bits per heavy atom. The van der Waals surface area contributed by atoms with E-state index in [4.69, 9.17) is 0 Å². The fourth-order valence-electron chi connectivity index (χ4n) is 1.26. The van der Waals surface area contributed by atoms with Gasteiger partial charge in [0.15, 0.2) is 5.71 Å². The number of halogens is 1. The zero-order chi connectivity index (χ0) is 10.4. The molecule has 76 valence electrons. The van der Waals surface area contributed by atoms with Crippen molar-refractivity contribution in [1.29, 1.82) is 0 Å². The maximum atomic E-state index is 10.7. The Kier molecular flexibility index (Phi) is 4.66. The molecule has 0 amide bonds. The van der Waals surface area contributed by atoms with Crippen LogP contribution in [0.3, 0.4) is 0 Å². The minimum Gasteiger partial charge on any atom is -0.625 e. The van der Waals surface area contributed by atoms with Gasteiger partial charge in [-0.2, -0.15) is 0 Å². The van der Waals surface area contributed by atoms with Crippen molar-refractivity contribution in [3.63, 3.8) is 0 Å². The second-order valence-corrected chi connectivity index (χ2v) is 4.11. The van der Waals surface area contributed by atoms with Crippen molar-refractivity contribution in [2.75, 3.05) is 0 Å². The van der Waals surface area contributed by atoms with E-state index >= 15 is 0 Å². The molecule has 0 atom stereocenters. The highest BCUT2D eigenvalue weighted by Crippen LogP contribution is 2.11. The zero-order valence-electron chi connectivity index (χ0n) is 8.22. The normalized spacial score (nSPS) is 11.7. The summed E-state index contributed by atoms with van der Waals surface area (Å²) >= 11 is 3.36. The second kappa shape index (κ2) is 5.81. The lowest BCUT2D eigenvalue weighted by molar-refractivity contribution is -0.374. The maximum Gasteiger partial charge on any atom is 0.192 e. The van der Waals surface area contributed by atoms with Crippen LogP contribution in [0, 0.1) is 5.21 Å². The van der Waals surface area contributed by atoms with E-state index in [1.165, 1.54) is 0 Å². The van der Waals surface area contributed by atoms with Gasteiger partial charge in [-0.25, -0.2) is 5.16 Å². The highest BCUT2D eigenvalue weighted by atomic mass is 79.9. The third kappa shape index (κ3) is 3.14. The van der Waals surface area contributed by atoms with Crippen molar-refractivity contribution in [3.8, 4) is 0 Å². The fourth-order valence-corrected chi connectivity index (χ4v) is 1.52. The Balaban J connectivity index is 2.75. The molecule has 14 heavy (non-hydrogen) atoms. The van der Waals surface area contributed by atoms with E-state index in [1.807, 2.05) is 29.4 Å². The molecule has 0 spiro atoms. The number of rotatable bonds is 4. The van der Waals surface area contributed by atoms with Crippen molar-refractivity contribution < 1.29 is 5.16 Å². The summed E-state index contributed by atoms with van der Waals surface area (Å²) < 4.78 is 1.03. The van der Waals surface area contributed by atoms with Crippen molar-refractivity contribution >= 4 is 21.6 Å². The summed E-state index contributed by atoms with van der Waals surface area (Å²) in [6, 6.07) is 7.77. The number of unbranched alkanes of at least 4 members (excludes halogenated alkanes) is 1. The minimum absolute atomic E-state index is 0.777. The number of nitrogens with one attached hydrogen (secondary N) is 1. The molecule has 1 N–H and O–H groups in total. The van der Waals surface area contributed by atoms with Gasteiger partial charge in [0.05, 0.1) is 0 Å². The van der Waals surface area contributed by atoms with Gasteiger partial charge in [-0.3, -0.25) is 0 Å². The largest absolute Gasteiger partial charge is 0.625 e. The molecule has 0 fully saturated rings. The van der Waals surface area contributed by atoms with Gasteiger partial charge < -0.3 is 5.21 Å². The molecule has 0 heterocycles. The predicted molar refractivity (Wildman–Crippen MR) is 62.1 cm³/mol. The molecule has 0 saturated heterocycles. The van der Waals surface area contributed by atoms with E-state index in [-0.39, 0.29) is 0 Å². The van der Waals surface area contributed by atoms with E-state index < -0.39 is 0 Å². The van der Waals surface area contributed by atoms with Crippen LogP contribution in [0.25, 0.3) is 0 Å².